The summed E-state index contributed by atoms with van der Waals surface area (Å²) in [7, 11) is 1.91. The lowest BCUT2D eigenvalue weighted by Gasteiger charge is -2.23. The van der Waals surface area contributed by atoms with E-state index in [1.165, 1.54) is 11.1 Å². The Morgan fingerprint density at radius 2 is 2.00 bits per heavy atom. The minimum Gasteiger partial charge on any atom is -0.352 e. The van der Waals surface area contributed by atoms with E-state index in [1.54, 1.807) is 0 Å². The second-order valence-electron chi connectivity index (χ2n) is 5.36. The van der Waals surface area contributed by atoms with Crippen molar-refractivity contribution in [3.05, 3.63) is 46.6 Å². The predicted octanol–water partition coefficient (Wildman–Crippen LogP) is 2.49. The molecule has 1 aliphatic heterocycles. The van der Waals surface area contributed by atoms with Crippen LogP contribution in [0.15, 0.2) is 24.3 Å². The van der Waals surface area contributed by atoms with Gasteiger partial charge in [-0.15, -0.1) is 0 Å². The number of nitrogens with zero attached hydrogens (tertiary/aromatic N) is 3. The van der Waals surface area contributed by atoms with Crippen molar-refractivity contribution < 1.29 is 4.79 Å². The lowest BCUT2D eigenvalue weighted by Crippen LogP contribution is -2.25. The zero-order valence-electron chi connectivity index (χ0n) is 12.0. The summed E-state index contributed by atoms with van der Waals surface area (Å²) in [6.45, 7) is 3.68. The van der Waals surface area contributed by atoms with Gasteiger partial charge < -0.3 is 4.90 Å². The zero-order valence-corrected chi connectivity index (χ0v) is 12.0. The number of carbonyl (C=O) groups is 1. The van der Waals surface area contributed by atoms with E-state index in [-0.39, 0.29) is 0 Å². The number of aldehydes is 1. The third-order valence-corrected chi connectivity index (χ3v) is 4.01. The molecule has 0 saturated heterocycles. The normalized spacial score (nSPS) is 14.8. The lowest BCUT2D eigenvalue weighted by atomic mass is 10.0. The van der Waals surface area contributed by atoms with E-state index < -0.39 is 0 Å². The number of fused-ring (bicyclic) bond motifs is 1. The number of benzene rings is 1. The quantitative estimate of drug-likeness (QED) is 0.786. The molecule has 1 aromatic heterocycles. The van der Waals surface area contributed by atoms with Gasteiger partial charge in [-0.05, 0) is 30.9 Å². The number of hydrogen-bond donors (Lipinski definition) is 0. The van der Waals surface area contributed by atoms with Gasteiger partial charge in [0.1, 0.15) is 5.82 Å². The maximum Gasteiger partial charge on any atom is 0.155 e. The summed E-state index contributed by atoms with van der Waals surface area (Å²) in [6, 6.07) is 8.56. The second kappa shape index (κ2) is 5.12. The molecule has 104 valence electrons. The molecular weight excluding hydrogens is 250 g/mol. The fourth-order valence-electron chi connectivity index (χ4n) is 3.06. The van der Waals surface area contributed by atoms with Gasteiger partial charge in [0.25, 0.3) is 0 Å². The Labute approximate surface area is 119 Å². The average molecular weight is 269 g/mol. The van der Waals surface area contributed by atoms with Crippen molar-refractivity contribution in [2.45, 2.75) is 26.3 Å². The number of carbonyl (C=O) groups excluding carboxylic acids is 1. The van der Waals surface area contributed by atoms with Gasteiger partial charge in [0, 0.05) is 20.1 Å². The average Bonchev–Trinajstić information content (AvgIpc) is 2.62. The summed E-state index contributed by atoms with van der Waals surface area (Å²) < 4.78 is 1.83. The van der Waals surface area contributed by atoms with Crippen LogP contribution in [0.4, 0.5) is 5.82 Å². The molecule has 0 spiro atoms. The minimum atomic E-state index is 0.715. The van der Waals surface area contributed by atoms with Gasteiger partial charge in [0.2, 0.25) is 0 Å². The maximum atomic E-state index is 11.4. The van der Waals surface area contributed by atoms with Crippen molar-refractivity contribution in [2.75, 3.05) is 11.4 Å². The van der Waals surface area contributed by atoms with Gasteiger partial charge in [0.15, 0.2) is 6.29 Å². The Morgan fingerprint density at radius 3 is 2.75 bits per heavy atom. The molecule has 1 aliphatic rings. The number of anilines is 1. The molecule has 0 radical (unpaired) electrons. The Balaban J connectivity index is 2.02. The topological polar surface area (TPSA) is 38.1 Å². The Morgan fingerprint density at radius 1 is 1.25 bits per heavy atom. The Kier molecular flexibility index (Phi) is 3.30. The molecule has 0 amide bonds. The number of aromatic nitrogens is 2. The van der Waals surface area contributed by atoms with Crippen LogP contribution in [0.1, 0.15) is 33.6 Å². The van der Waals surface area contributed by atoms with Crippen molar-refractivity contribution in [3.63, 3.8) is 0 Å². The van der Waals surface area contributed by atoms with Crippen LogP contribution in [0.3, 0.4) is 0 Å². The van der Waals surface area contributed by atoms with E-state index in [0.717, 1.165) is 43.7 Å². The molecule has 0 bridgehead atoms. The van der Waals surface area contributed by atoms with Gasteiger partial charge in [-0.3, -0.25) is 9.48 Å². The standard InChI is InChI=1S/C16H19N3O/c1-12-15(11-20)16(18(2)17-12)19-9-5-8-13-6-3-4-7-14(13)10-19/h3-4,6-7,11H,5,8-10H2,1-2H3. The highest BCUT2D eigenvalue weighted by atomic mass is 16.1. The smallest absolute Gasteiger partial charge is 0.155 e. The molecule has 3 rings (SSSR count). The molecule has 4 nitrogen and oxygen atoms in total. The molecular formula is C16H19N3O. The zero-order chi connectivity index (χ0) is 14.1. The molecule has 1 aromatic carbocycles. The van der Waals surface area contributed by atoms with Gasteiger partial charge in [-0.1, -0.05) is 24.3 Å². The van der Waals surface area contributed by atoms with Crippen LogP contribution in [-0.2, 0) is 20.0 Å². The van der Waals surface area contributed by atoms with E-state index in [2.05, 4.69) is 34.3 Å². The predicted molar refractivity (Wildman–Crippen MR) is 79.1 cm³/mol. The molecule has 0 saturated carbocycles. The molecule has 2 aromatic rings. The van der Waals surface area contributed by atoms with Gasteiger partial charge in [-0.2, -0.15) is 5.10 Å². The van der Waals surface area contributed by atoms with Crippen LogP contribution in [0.5, 0.6) is 0 Å². The number of aryl methyl sites for hydroxylation is 3. The third-order valence-electron chi connectivity index (χ3n) is 4.01. The SMILES string of the molecule is Cc1nn(C)c(N2CCCc3ccccc3C2)c1C=O. The minimum absolute atomic E-state index is 0.715. The first kappa shape index (κ1) is 12.9. The molecule has 20 heavy (non-hydrogen) atoms. The molecule has 0 unspecified atom stereocenters. The van der Waals surface area contributed by atoms with Gasteiger partial charge in [-0.25, -0.2) is 0 Å². The second-order valence-corrected chi connectivity index (χ2v) is 5.36. The highest BCUT2D eigenvalue weighted by molar-refractivity contribution is 5.84. The Hall–Kier alpha value is -2.10. The van der Waals surface area contributed by atoms with Crippen LogP contribution in [0.2, 0.25) is 0 Å². The lowest BCUT2D eigenvalue weighted by molar-refractivity contribution is 0.112. The van der Waals surface area contributed by atoms with Gasteiger partial charge >= 0.3 is 0 Å². The van der Waals surface area contributed by atoms with Crippen molar-refractivity contribution in [1.82, 2.24) is 9.78 Å². The first-order chi connectivity index (χ1) is 9.70. The summed E-state index contributed by atoms with van der Waals surface area (Å²) in [4.78, 5) is 13.6. The molecule has 0 atom stereocenters. The molecule has 0 N–H and O–H groups in total. The van der Waals surface area contributed by atoms with E-state index in [1.807, 2.05) is 18.7 Å². The summed E-state index contributed by atoms with van der Waals surface area (Å²) in [5.41, 5.74) is 4.28. The van der Waals surface area contributed by atoms with E-state index in [4.69, 9.17) is 0 Å². The molecule has 0 aliphatic carbocycles. The van der Waals surface area contributed by atoms with Gasteiger partial charge in [0.05, 0.1) is 11.3 Å². The third kappa shape index (κ3) is 2.11. The summed E-state index contributed by atoms with van der Waals surface area (Å²) in [5, 5.41) is 4.39. The van der Waals surface area contributed by atoms with Crippen LogP contribution in [0, 0.1) is 6.92 Å². The molecule has 4 heteroatoms. The summed E-state index contributed by atoms with van der Waals surface area (Å²) in [6.07, 6.45) is 3.12. The van der Waals surface area contributed by atoms with Crippen LogP contribution in [-0.4, -0.2) is 22.6 Å². The van der Waals surface area contributed by atoms with Crippen molar-refractivity contribution >= 4 is 12.1 Å². The van der Waals surface area contributed by atoms with Crippen molar-refractivity contribution in [3.8, 4) is 0 Å². The molecule has 2 heterocycles. The summed E-state index contributed by atoms with van der Waals surface area (Å²) in [5.74, 6) is 0.939. The van der Waals surface area contributed by atoms with E-state index in [9.17, 15) is 4.79 Å². The van der Waals surface area contributed by atoms with Crippen LogP contribution >= 0.6 is 0 Å². The van der Waals surface area contributed by atoms with E-state index >= 15 is 0 Å². The summed E-state index contributed by atoms with van der Waals surface area (Å²) >= 11 is 0. The number of rotatable bonds is 2. The monoisotopic (exact) mass is 269 g/mol. The maximum absolute atomic E-state index is 11.4. The van der Waals surface area contributed by atoms with Crippen molar-refractivity contribution in [1.29, 1.82) is 0 Å². The first-order valence-corrected chi connectivity index (χ1v) is 7.01. The largest absolute Gasteiger partial charge is 0.352 e. The first-order valence-electron chi connectivity index (χ1n) is 7.01. The number of hydrogen-bond acceptors (Lipinski definition) is 3. The fraction of sp³-hybridized carbons (Fsp3) is 0.375. The fourth-order valence-corrected chi connectivity index (χ4v) is 3.06. The van der Waals surface area contributed by atoms with Crippen LogP contribution in [0.25, 0.3) is 0 Å². The van der Waals surface area contributed by atoms with Crippen LogP contribution < -0.4 is 4.90 Å². The van der Waals surface area contributed by atoms with Crippen molar-refractivity contribution in [2.24, 2.45) is 7.05 Å². The molecule has 0 fully saturated rings. The highest BCUT2D eigenvalue weighted by Gasteiger charge is 2.21. The highest BCUT2D eigenvalue weighted by Crippen LogP contribution is 2.27. The Bertz CT molecular complexity index is 645. The van der Waals surface area contributed by atoms with E-state index in [0.29, 0.717) is 5.56 Å².